The minimum atomic E-state index is -0.354. The molecule has 1 fully saturated rings. The number of aromatic nitrogens is 1. The average molecular weight is 367 g/mol. The number of carbonyl (C=O) groups is 1. The predicted molar refractivity (Wildman–Crippen MR) is 107 cm³/mol. The Kier molecular flexibility index (Phi) is 6.08. The second-order valence-electron chi connectivity index (χ2n) is 6.64. The van der Waals surface area contributed by atoms with Crippen LogP contribution in [0.3, 0.4) is 0 Å². The number of hydrogen-bond acceptors (Lipinski definition) is 5. The molecule has 0 radical (unpaired) electrons. The van der Waals surface area contributed by atoms with Crippen molar-refractivity contribution < 1.29 is 9.53 Å². The number of piperazine rings is 1. The lowest BCUT2D eigenvalue weighted by atomic mass is 10.1. The Labute approximate surface area is 159 Å². The first-order valence-corrected chi connectivity index (χ1v) is 9.05. The van der Waals surface area contributed by atoms with Gasteiger partial charge in [-0.25, -0.2) is 4.79 Å². The number of methoxy groups -OCH3 is 1. The molecule has 0 bridgehead atoms. The molecular weight excluding hydrogens is 342 g/mol. The van der Waals surface area contributed by atoms with E-state index in [0.717, 1.165) is 44.1 Å². The zero-order chi connectivity index (χ0) is 19.2. The van der Waals surface area contributed by atoms with Crippen LogP contribution < -0.4 is 10.5 Å². The topological polar surface area (TPSA) is 54.8 Å². The Balaban J connectivity index is 1.55. The highest BCUT2D eigenvalue weighted by atomic mass is 16.5. The minimum Gasteiger partial charge on any atom is -0.466 e. The van der Waals surface area contributed by atoms with Gasteiger partial charge in [-0.2, -0.15) is 0 Å². The highest BCUT2D eigenvalue weighted by molar-refractivity contribution is 5.86. The number of rotatable bonds is 5. The van der Waals surface area contributed by atoms with Gasteiger partial charge >= 0.3 is 5.97 Å². The number of nitrogens with zero attached hydrogens (tertiary/aromatic N) is 3. The largest absolute Gasteiger partial charge is 0.466 e. The summed E-state index contributed by atoms with van der Waals surface area (Å²) in [5.74, 6) is 0.622. The van der Waals surface area contributed by atoms with Crippen molar-refractivity contribution in [1.29, 1.82) is 0 Å². The molecule has 2 heterocycles. The fraction of sp³-hybridized carbons (Fsp3) is 0.333. The van der Waals surface area contributed by atoms with Gasteiger partial charge in [-0.15, -0.1) is 0 Å². The third-order valence-electron chi connectivity index (χ3n) is 4.85. The van der Waals surface area contributed by atoms with Crippen LogP contribution in [0, 0.1) is 0 Å². The van der Waals surface area contributed by atoms with Gasteiger partial charge in [-0.3, -0.25) is 14.3 Å². The first-order chi connectivity index (χ1) is 13.1. The maximum Gasteiger partial charge on any atom is 0.330 e. The second kappa shape index (κ2) is 8.68. The summed E-state index contributed by atoms with van der Waals surface area (Å²) in [4.78, 5) is 27.6. The molecule has 0 N–H and O–H groups in total. The number of benzene rings is 1. The molecule has 0 atom stereocenters. The van der Waals surface area contributed by atoms with Gasteiger partial charge in [-0.05, 0) is 23.3 Å². The van der Waals surface area contributed by atoms with E-state index in [1.165, 1.54) is 18.7 Å². The van der Waals surface area contributed by atoms with Gasteiger partial charge in [0.15, 0.2) is 0 Å². The van der Waals surface area contributed by atoms with E-state index in [9.17, 15) is 9.59 Å². The fourth-order valence-electron chi connectivity index (χ4n) is 3.23. The van der Waals surface area contributed by atoms with Crippen LogP contribution in [-0.4, -0.2) is 48.7 Å². The van der Waals surface area contributed by atoms with E-state index in [1.54, 1.807) is 16.7 Å². The molecule has 1 aliphatic heterocycles. The van der Waals surface area contributed by atoms with Crippen molar-refractivity contribution in [2.45, 2.75) is 6.54 Å². The number of carbonyl (C=O) groups excluding carboxylic acids is 1. The van der Waals surface area contributed by atoms with Crippen molar-refractivity contribution in [2.24, 2.45) is 7.05 Å². The van der Waals surface area contributed by atoms with E-state index in [0.29, 0.717) is 0 Å². The predicted octanol–water partition coefficient (Wildman–Crippen LogP) is 1.89. The zero-order valence-corrected chi connectivity index (χ0v) is 15.8. The van der Waals surface area contributed by atoms with Crippen LogP contribution in [-0.2, 0) is 23.1 Å². The van der Waals surface area contributed by atoms with Crippen LogP contribution in [0.4, 0.5) is 5.82 Å². The number of hydrogen-bond donors (Lipinski definition) is 0. The smallest absolute Gasteiger partial charge is 0.330 e. The zero-order valence-electron chi connectivity index (χ0n) is 15.8. The summed E-state index contributed by atoms with van der Waals surface area (Å²) in [6.45, 7) is 4.59. The summed E-state index contributed by atoms with van der Waals surface area (Å²) in [6, 6.07) is 13.6. The van der Waals surface area contributed by atoms with E-state index >= 15 is 0 Å². The Morgan fingerprint density at radius 3 is 2.44 bits per heavy atom. The molecule has 0 unspecified atom stereocenters. The highest BCUT2D eigenvalue weighted by Gasteiger charge is 2.18. The minimum absolute atomic E-state index is 0.0243. The Morgan fingerprint density at radius 1 is 1.07 bits per heavy atom. The van der Waals surface area contributed by atoms with E-state index in [-0.39, 0.29) is 11.5 Å². The third kappa shape index (κ3) is 4.86. The second-order valence-corrected chi connectivity index (χ2v) is 6.64. The summed E-state index contributed by atoms with van der Waals surface area (Å²) in [5.41, 5.74) is 2.24. The summed E-state index contributed by atoms with van der Waals surface area (Å²) >= 11 is 0. The molecule has 0 saturated carbocycles. The molecule has 6 nitrogen and oxygen atoms in total. The summed E-state index contributed by atoms with van der Waals surface area (Å²) in [5, 5.41) is 0. The Hall–Kier alpha value is -2.86. The van der Waals surface area contributed by atoms with Crippen LogP contribution in [0.2, 0.25) is 0 Å². The summed E-state index contributed by atoms with van der Waals surface area (Å²) in [7, 11) is 3.19. The van der Waals surface area contributed by atoms with Crippen LogP contribution in [0.5, 0.6) is 0 Å². The monoisotopic (exact) mass is 367 g/mol. The van der Waals surface area contributed by atoms with Crippen molar-refractivity contribution in [2.75, 3.05) is 38.2 Å². The fourth-order valence-corrected chi connectivity index (χ4v) is 3.23. The molecule has 0 amide bonds. The third-order valence-corrected chi connectivity index (χ3v) is 4.85. The van der Waals surface area contributed by atoms with Crippen LogP contribution in [0.1, 0.15) is 11.1 Å². The molecular formula is C21H25N3O3. The molecule has 1 aromatic carbocycles. The number of pyridine rings is 1. The van der Waals surface area contributed by atoms with Crippen molar-refractivity contribution >= 4 is 17.9 Å². The lowest BCUT2D eigenvalue weighted by Gasteiger charge is -2.36. The molecule has 0 spiro atoms. The molecule has 1 aliphatic rings. The molecule has 1 aromatic heterocycles. The van der Waals surface area contributed by atoms with E-state index < -0.39 is 0 Å². The standard InChI is InChI=1S/C21H25N3O3/c1-22-19(4-3-5-20(22)25)24-14-12-23(13-15-24)16-18-8-6-17(7-9-18)10-11-21(26)27-2/h3-11H,12-16H2,1-2H3. The van der Waals surface area contributed by atoms with E-state index in [2.05, 4.69) is 26.7 Å². The van der Waals surface area contributed by atoms with Crippen molar-refractivity contribution in [3.8, 4) is 0 Å². The normalized spacial score (nSPS) is 15.3. The molecule has 3 rings (SSSR count). The van der Waals surface area contributed by atoms with Gasteiger partial charge in [0, 0.05) is 51.9 Å². The number of ether oxygens (including phenoxy) is 1. The average Bonchev–Trinajstić information content (AvgIpc) is 2.70. The molecule has 27 heavy (non-hydrogen) atoms. The Morgan fingerprint density at radius 2 is 1.78 bits per heavy atom. The van der Waals surface area contributed by atoms with E-state index in [4.69, 9.17) is 0 Å². The van der Waals surface area contributed by atoms with Crippen molar-refractivity contribution in [3.05, 3.63) is 70.0 Å². The molecule has 1 saturated heterocycles. The SMILES string of the molecule is COC(=O)C=Cc1ccc(CN2CCN(c3cccc(=O)n3C)CC2)cc1. The summed E-state index contributed by atoms with van der Waals surface area (Å²) in [6.07, 6.45) is 3.17. The van der Waals surface area contributed by atoms with Crippen LogP contribution in [0.25, 0.3) is 6.08 Å². The van der Waals surface area contributed by atoms with Gasteiger partial charge in [0.25, 0.3) is 5.56 Å². The lowest BCUT2D eigenvalue weighted by molar-refractivity contribution is -0.134. The Bertz CT molecular complexity index is 863. The molecule has 0 aliphatic carbocycles. The van der Waals surface area contributed by atoms with Gasteiger partial charge in [-0.1, -0.05) is 30.3 Å². The van der Waals surface area contributed by atoms with Gasteiger partial charge in [0.05, 0.1) is 7.11 Å². The first-order valence-electron chi connectivity index (χ1n) is 9.05. The molecule has 142 valence electrons. The maximum absolute atomic E-state index is 11.8. The highest BCUT2D eigenvalue weighted by Crippen LogP contribution is 2.16. The quantitative estimate of drug-likeness (QED) is 0.597. The van der Waals surface area contributed by atoms with E-state index in [1.807, 2.05) is 31.3 Å². The van der Waals surface area contributed by atoms with Gasteiger partial charge < -0.3 is 9.64 Å². The van der Waals surface area contributed by atoms with Gasteiger partial charge in [0.2, 0.25) is 0 Å². The summed E-state index contributed by atoms with van der Waals surface area (Å²) < 4.78 is 6.30. The van der Waals surface area contributed by atoms with Crippen molar-refractivity contribution in [3.63, 3.8) is 0 Å². The van der Waals surface area contributed by atoms with Crippen molar-refractivity contribution in [1.82, 2.24) is 9.47 Å². The molecule has 2 aromatic rings. The van der Waals surface area contributed by atoms with Crippen LogP contribution >= 0.6 is 0 Å². The number of anilines is 1. The maximum atomic E-state index is 11.8. The number of esters is 1. The van der Waals surface area contributed by atoms with Gasteiger partial charge in [0.1, 0.15) is 5.82 Å². The molecule has 6 heteroatoms. The van der Waals surface area contributed by atoms with Crippen LogP contribution in [0.15, 0.2) is 53.3 Å². The lowest BCUT2D eigenvalue weighted by Crippen LogP contribution is -2.47. The first kappa shape index (κ1) is 18.9.